The van der Waals surface area contributed by atoms with E-state index in [9.17, 15) is 10.2 Å². The molecule has 1 rings (SSSR count). The van der Waals surface area contributed by atoms with E-state index in [0.717, 1.165) is 0 Å². The molecule has 0 aliphatic heterocycles. The van der Waals surface area contributed by atoms with Gasteiger partial charge in [-0.05, 0) is 0 Å². The van der Waals surface area contributed by atoms with E-state index in [1.54, 1.807) is 12.1 Å². The van der Waals surface area contributed by atoms with Gasteiger partial charge in [0.05, 0.1) is 0 Å². The van der Waals surface area contributed by atoms with Crippen LogP contribution in [0.15, 0.2) is 24.3 Å². The van der Waals surface area contributed by atoms with Crippen LogP contribution in [-0.4, -0.2) is 0 Å². The molecule has 1 aromatic rings. The van der Waals surface area contributed by atoms with Crippen molar-refractivity contribution >= 4 is 0 Å². The fourth-order valence-corrected chi connectivity index (χ4v) is 0.450. The first-order valence-electron chi connectivity index (χ1n) is 2.24. The van der Waals surface area contributed by atoms with Gasteiger partial charge in [-0.2, -0.15) is 0 Å². The second kappa shape index (κ2) is 3.54. The quantitative estimate of drug-likeness (QED) is 0.489. The number of benzene rings is 1. The van der Waals surface area contributed by atoms with Crippen LogP contribution in [0.2, 0.25) is 0 Å². The number of rotatable bonds is 0. The van der Waals surface area contributed by atoms with Crippen molar-refractivity contribution in [2.75, 3.05) is 0 Å². The first-order valence-corrected chi connectivity index (χ1v) is 2.24. The SMILES string of the molecule is [O-]c1ccccc1[O-].[Ti+2]. The molecular weight excluding hydrogens is 152 g/mol. The molecule has 0 heterocycles. The van der Waals surface area contributed by atoms with Crippen molar-refractivity contribution in [1.29, 1.82) is 0 Å². The Morgan fingerprint density at radius 3 is 1.44 bits per heavy atom. The zero-order chi connectivity index (χ0) is 5.98. The van der Waals surface area contributed by atoms with Gasteiger partial charge in [-0.25, -0.2) is 0 Å². The van der Waals surface area contributed by atoms with E-state index in [-0.39, 0.29) is 21.7 Å². The molecule has 0 N–H and O–H groups in total. The predicted molar refractivity (Wildman–Crippen MR) is 25.3 cm³/mol. The van der Waals surface area contributed by atoms with Gasteiger partial charge < -0.3 is 10.2 Å². The van der Waals surface area contributed by atoms with Gasteiger partial charge in [0.2, 0.25) is 0 Å². The Hall–Kier alpha value is -0.466. The Balaban J connectivity index is 0.000000640. The van der Waals surface area contributed by atoms with Crippen molar-refractivity contribution in [3.8, 4) is 11.5 Å². The second-order valence-corrected chi connectivity index (χ2v) is 1.45. The minimum atomic E-state index is -0.437. The molecule has 0 radical (unpaired) electrons. The normalized spacial score (nSPS) is 8.00. The van der Waals surface area contributed by atoms with E-state index in [4.69, 9.17) is 0 Å². The van der Waals surface area contributed by atoms with Gasteiger partial charge in [-0.15, -0.1) is 11.5 Å². The molecule has 44 valence electrons. The first-order chi connectivity index (χ1) is 3.80. The first kappa shape index (κ1) is 8.53. The van der Waals surface area contributed by atoms with Crippen molar-refractivity contribution in [2.24, 2.45) is 0 Å². The van der Waals surface area contributed by atoms with Gasteiger partial charge in [-0.1, -0.05) is 24.3 Å². The second-order valence-electron chi connectivity index (χ2n) is 1.45. The molecular formula is C6H4O2Ti. The number of para-hydroxylation sites is 2. The van der Waals surface area contributed by atoms with Gasteiger partial charge in [-0.3, -0.25) is 0 Å². The standard InChI is InChI=1S/C6H6O2.Ti/c7-5-3-1-2-4-6(5)8;/h1-4,7-8H;/q;+2/p-2. The van der Waals surface area contributed by atoms with Crippen LogP contribution in [0.5, 0.6) is 11.5 Å². The molecule has 0 spiro atoms. The van der Waals surface area contributed by atoms with Crippen molar-refractivity contribution in [2.45, 2.75) is 0 Å². The van der Waals surface area contributed by atoms with Crippen LogP contribution in [0.4, 0.5) is 0 Å². The van der Waals surface area contributed by atoms with Crippen molar-refractivity contribution in [1.82, 2.24) is 0 Å². The van der Waals surface area contributed by atoms with Crippen LogP contribution in [0.25, 0.3) is 0 Å². The third-order valence-electron chi connectivity index (χ3n) is 0.849. The molecule has 0 fully saturated rings. The molecule has 0 aliphatic carbocycles. The maximum Gasteiger partial charge on any atom is 2.00 e. The van der Waals surface area contributed by atoms with E-state index < -0.39 is 11.5 Å². The molecule has 2 nitrogen and oxygen atoms in total. The summed E-state index contributed by atoms with van der Waals surface area (Å²) in [7, 11) is 0. The van der Waals surface area contributed by atoms with Crippen molar-refractivity contribution in [3.05, 3.63) is 24.3 Å². The largest absolute Gasteiger partial charge is 2.00 e. The molecule has 0 aliphatic rings. The molecule has 0 saturated heterocycles. The Kier molecular flexibility index (Phi) is 3.36. The molecule has 0 atom stereocenters. The molecule has 0 unspecified atom stereocenters. The van der Waals surface area contributed by atoms with E-state index in [1.165, 1.54) is 12.1 Å². The van der Waals surface area contributed by atoms with E-state index in [1.807, 2.05) is 0 Å². The predicted octanol–water partition coefficient (Wildman–Crippen LogP) is -0.169. The Morgan fingerprint density at radius 2 is 1.22 bits per heavy atom. The van der Waals surface area contributed by atoms with Crippen LogP contribution in [0.1, 0.15) is 0 Å². The van der Waals surface area contributed by atoms with E-state index >= 15 is 0 Å². The van der Waals surface area contributed by atoms with E-state index in [2.05, 4.69) is 0 Å². The van der Waals surface area contributed by atoms with Crippen LogP contribution < -0.4 is 10.2 Å². The topological polar surface area (TPSA) is 46.1 Å². The molecule has 0 bridgehead atoms. The van der Waals surface area contributed by atoms with Crippen LogP contribution in [-0.2, 0) is 21.7 Å². The van der Waals surface area contributed by atoms with Gasteiger partial charge >= 0.3 is 21.7 Å². The van der Waals surface area contributed by atoms with Gasteiger partial charge in [0.25, 0.3) is 0 Å². The minimum absolute atomic E-state index is 0. The fraction of sp³-hybridized carbons (Fsp3) is 0. The van der Waals surface area contributed by atoms with Crippen LogP contribution in [0, 0.1) is 0 Å². The molecule has 3 heteroatoms. The van der Waals surface area contributed by atoms with Gasteiger partial charge in [0.1, 0.15) is 0 Å². The maximum atomic E-state index is 10.3. The molecule has 0 saturated carbocycles. The summed E-state index contributed by atoms with van der Waals surface area (Å²) < 4.78 is 0. The summed E-state index contributed by atoms with van der Waals surface area (Å²) in [5, 5.41) is 20.6. The minimum Gasteiger partial charge on any atom is -0.873 e. The average molecular weight is 156 g/mol. The summed E-state index contributed by atoms with van der Waals surface area (Å²) in [6.07, 6.45) is 0. The monoisotopic (exact) mass is 156 g/mol. The summed E-state index contributed by atoms with van der Waals surface area (Å²) in [4.78, 5) is 0. The maximum absolute atomic E-state index is 10.3. The Labute approximate surface area is 68.0 Å². The Bertz CT molecular complexity index is 167. The molecule has 9 heavy (non-hydrogen) atoms. The third-order valence-corrected chi connectivity index (χ3v) is 0.849. The summed E-state index contributed by atoms with van der Waals surface area (Å²) in [5.74, 6) is -0.875. The van der Waals surface area contributed by atoms with Gasteiger partial charge in [0, 0.05) is 0 Å². The number of hydrogen-bond donors (Lipinski definition) is 0. The zero-order valence-electron chi connectivity index (χ0n) is 4.63. The van der Waals surface area contributed by atoms with Crippen LogP contribution in [0.3, 0.4) is 0 Å². The average Bonchev–Trinajstić information content (AvgIpc) is 1.77. The zero-order valence-corrected chi connectivity index (χ0v) is 6.19. The number of hydrogen-bond acceptors (Lipinski definition) is 2. The third kappa shape index (κ3) is 2.08. The summed E-state index contributed by atoms with van der Waals surface area (Å²) in [6, 6.07) is 5.60. The Morgan fingerprint density at radius 1 is 0.889 bits per heavy atom. The van der Waals surface area contributed by atoms with Crippen LogP contribution >= 0.6 is 0 Å². The van der Waals surface area contributed by atoms with E-state index in [0.29, 0.717) is 0 Å². The summed E-state index contributed by atoms with van der Waals surface area (Å²) in [6.45, 7) is 0. The summed E-state index contributed by atoms with van der Waals surface area (Å²) >= 11 is 0. The fourth-order valence-electron chi connectivity index (χ4n) is 0.450. The van der Waals surface area contributed by atoms with Crippen molar-refractivity contribution < 1.29 is 31.9 Å². The molecule has 1 aromatic carbocycles. The van der Waals surface area contributed by atoms with Crippen molar-refractivity contribution in [3.63, 3.8) is 0 Å². The smallest absolute Gasteiger partial charge is 0.873 e. The summed E-state index contributed by atoms with van der Waals surface area (Å²) in [5.41, 5.74) is 0. The molecule has 0 amide bonds. The van der Waals surface area contributed by atoms with Gasteiger partial charge in [0.15, 0.2) is 0 Å². The molecule has 0 aromatic heterocycles.